The number of benzene rings is 2. The molecule has 136 valence electrons. The number of allylic oxidation sites excluding steroid dienone is 3. The van der Waals surface area contributed by atoms with E-state index in [0.29, 0.717) is 16.7 Å². The van der Waals surface area contributed by atoms with Gasteiger partial charge in [0.05, 0.1) is 14.2 Å². The van der Waals surface area contributed by atoms with Gasteiger partial charge in [-0.25, -0.2) is 4.79 Å². The van der Waals surface area contributed by atoms with Gasteiger partial charge in [-0.3, -0.25) is 4.79 Å². The smallest absolute Gasteiger partial charge is 0.347 e. The fourth-order valence-corrected chi connectivity index (χ4v) is 2.50. The van der Waals surface area contributed by atoms with Crippen molar-refractivity contribution in [1.29, 1.82) is 0 Å². The molecule has 0 N–H and O–H groups in total. The number of methoxy groups -OCH3 is 2. The fraction of sp³-hybridized carbons (Fsp3) is 0.0909. The van der Waals surface area contributed by atoms with Gasteiger partial charge in [-0.2, -0.15) is 0 Å². The zero-order chi connectivity index (χ0) is 19.2. The summed E-state index contributed by atoms with van der Waals surface area (Å²) < 4.78 is 15.4. The minimum absolute atomic E-state index is 0.0123. The first-order chi connectivity index (χ1) is 13.1. The summed E-state index contributed by atoms with van der Waals surface area (Å²) in [5.41, 5.74) is 0.651. The van der Waals surface area contributed by atoms with Crippen molar-refractivity contribution in [2.45, 2.75) is 0 Å². The molecule has 5 heteroatoms. The van der Waals surface area contributed by atoms with Gasteiger partial charge in [0, 0.05) is 11.5 Å². The van der Waals surface area contributed by atoms with Gasteiger partial charge in [0.15, 0.2) is 5.78 Å². The highest BCUT2D eigenvalue weighted by Gasteiger charge is 2.11. The third-order valence-electron chi connectivity index (χ3n) is 3.97. The van der Waals surface area contributed by atoms with Crippen LogP contribution in [0, 0.1) is 0 Å². The highest BCUT2D eigenvalue weighted by Crippen LogP contribution is 2.20. The molecule has 3 aromatic rings. The van der Waals surface area contributed by atoms with E-state index in [1.165, 1.54) is 19.3 Å². The molecule has 0 fully saturated rings. The van der Waals surface area contributed by atoms with Gasteiger partial charge in [0.2, 0.25) is 0 Å². The Hall–Kier alpha value is -3.60. The molecule has 0 aliphatic heterocycles. The first-order valence-electron chi connectivity index (χ1n) is 8.26. The third-order valence-corrected chi connectivity index (χ3v) is 3.97. The predicted molar refractivity (Wildman–Crippen MR) is 105 cm³/mol. The zero-order valence-electron chi connectivity index (χ0n) is 15.0. The largest absolute Gasteiger partial charge is 0.497 e. The van der Waals surface area contributed by atoms with Crippen molar-refractivity contribution in [3.05, 3.63) is 88.3 Å². The Morgan fingerprint density at radius 1 is 0.926 bits per heavy atom. The minimum atomic E-state index is -0.676. The molecule has 0 saturated heterocycles. The molecule has 1 heterocycles. The maximum atomic E-state index is 12.3. The first-order valence-corrected chi connectivity index (χ1v) is 8.26. The summed E-state index contributed by atoms with van der Waals surface area (Å²) in [4.78, 5) is 24.4. The molecule has 1 aromatic heterocycles. The van der Waals surface area contributed by atoms with E-state index >= 15 is 0 Å². The van der Waals surface area contributed by atoms with Crippen molar-refractivity contribution >= 4 is 22.8 Å². The molecule has 0 bridgehead atoms. The van der Waals surface area contributed by atoms with Crippen LogP contribution >= 0.6 is 0 Å². The van der Waals surface area contributed by atoms with Gasteiger partial charge in [-0.1, -0.05) is 30.4 Å². The van der Waals surface area contributed by atoms with Crippen LogP contribution in [0.2, 0.25) is 0 Å². The molecule has 0 aliphatic carbocycles. The Morgan fingerprint density at radius 2 is 1.63 bits per heavy atom. The fourth-order valence-electron chi connectivity index (χ4n) is 2.50. The van der Waals surface area contributed by atoms with Crippen LogP contribution in [0.3, 0.4) is 0 Å². The Bertz CT molecular complexity index is 1070. The molecular formula is C22H18O5. The molecular weight excluding hydrogens is 344 g/mol. The van der Waals surface area contributed by atoms with Crippen LogP contribution in [0.5, 0.6) is 11.5 Å². The molecule has 0 radical (unpaired) electrons. The molecule has 0 atom stereocenters. The quantitative estimate of drug-likeness (QED) is 0.284. The number of carbonyl (C=O) groups excluding carboxylic acids is 1. The maximum absolute atomic E-state index is 12.3. The van der Waals surface area contributed by atoms with E-state index in [0.717, 1.165) is 11.3 Å². The second-order valence-electron chi connectivity index (χ2n) is 5.71. The number of carbonyl (C=O) groups is 1. The Balaban J connectivity index is 1.76. The van der Waals surface area contributed by atoms with Gasteiger partial charge in [0.25, 0.3) is 0 Å². The van der Waals surface area contributed by atoms with Crippen LogP contribution in [0.4, 0.5) is 0 Å². The Labute approximate surface area is 156 Å². The van der Waals surface area contributed by atoms with Crippen LogP contribution in [0.15, 0.2) is 76.0 Å². The van der Waals surface area contributed by atoms with Gasteiger partial charge in [-0.05, 0) is 42.0 Å². The van der Waals surface area contributed by atoms with Crippen molar-refractivity contribution < 1.29 is 18.7 Å². The summed E-state index contributed by atoms with van der Waals surface area (Å²) in [5.74, 6) is 0.938. The monoisotopic (exact) mass is 362 g/mol. The van der Waals surface area contributed by atoms with E-state index in [1.807, 2.05) is 30.3 Å². The zero-order valence-corrected chi connectivity index (χ0v) is 15.0. The SMILES string of the molecule is COc1ccc(/C=C/C=C/C(=O)c2cc3ccc(OC)cc3oc2=O)cc1. The molecule has 3 rings (SSSR count). The number of hydrogen-bond acceptors (Lipinski definition) is 5. The summed E-state index contributed by atoms with van der Waals surface area (Å²) in [6.45, 7) is 0. The summed E-state index contributed by atoms with van der Waals surface area (Å²) in [6.07, 6.45) is 6.50. The molecule has 0 spiro atoms. The van der Waals surface area contributed by atoms with Crippen LogP contribution in [0.1, 0.15) is 15.9 Å². The van der Waals surface area contributed by atoms with Crippen molar-refractivity contribution in [1.82, 2.24) is 0 Å². The summed E-state index contributed by atoms with van der Waals surface area (Å²) in [7, 11) is 3.14. The van der Waals surface area contributed by atoms with Crippen LogP contribution in [0.25, 0.3) is 17.0 Å². The van der Waals surface area contributed by atoms with Crippen LogP contribution in [-0.4, -0.2) is 20.0 Å². The number of fused-ring (bicyclic) bond motifs is 1. The van der Waals surface area contributed by atoms with Crippen LogP contribution < -0.4 is 15.1 Å². The molecule has 0 aliphatic rings. The molecule has 2 aromatic carbocycles. The third kappa shape index (κ3) is 4.33. The highest BCUT2D eigenvalue weighted by molar-refractivity contribution is 6.05. The second kappa shape index (κ2) is 8.19. The van der Waals surface area contributed by atoms with Crippen LogP contribution in [-0.2, 0) is 0 Å². The summed E-state index contributed by atoms with van der Waals surface area (Å²) >= 11 is 0. The molecule has 0 saturated carbocycles. The number of rotatable bonds is 6. The minimum Gasteiger partial charge on any atom is -0.497 e. The lowest BCUT2D eigenvalue weighted by molar-refractivity contribution is 0.104. The number of ether oxygens (including phenoxy) is 2. The lowest BCUT2D eigenvalue weighted by Gasteiger charge is -2.02. The van der Waals surface area contributed by atoms with Crippen molar-refractivity contribution in [2.24, 2.45) is 0 Å². The first kappa shape index (κ1) is 18.2. The van der Waals surface area contributed by atoms with E-state index in [4.69, 9.17) is 13.9 Å². The summed E-state index contributed by atoms with van der Waals surface area (Å²) in [5, 5.41) is 0.654. The molecule has 5 nitrogen and oxygen atoms in total. The lowest BCUT2D eigenvalue weighted by Crippen LogP contribution is -2.11. The highest BCUT2D eigenvalue weighted by atomic mass is 16.5. The average Bonchev–Trinajstić information content (AvgIpc) is 2.70. The van der Waals surface area contributed by atoms with Gasteiger partial charge >= 0.3 is 5.63 Å². The molecule has 0 amide bonds. The van der Waals surface area contributed by atoms with E-state index in [1.54, 1.807) is 37.5 Å². The van der Waals surface area contributed by atoms with Crippen molar-refractivity contribution in [3.8, 4) is 11.5 Å². The number of ketones is 1. The standard InChI is InChI=1S/C22H18O5/c1-25-17-10-7-15(8-11-17)5-3-4-6-20(23)19-13-16-9-12-18(26-2)14-21(16)27-22(19)24/h3-14H,1-2H3/b5-3+,6-4+. The van der Waals surface area contributed by atoms with E-state index in [9.17, 15) is 9.59 Å². The molecule has 0 unspecified atom stereocenters. The normalized spacial score (nSPS) is 11.3. The number of hydrogen-bond donors (Lipinski definition) is 0. The Morgan fingerprint density at radius 3 is 2.33 bits per heavy atom. The maximum Gasteiger partial charge on any atom is 0.347 e. The average molecular weight is 362 g/mol. The Kier molecular flexibility index (Phi) is 5.52. The second-order valence-corrected chi connectivity index (χ2v) is 5.71. The lowest BCUT2D eigenvalue weighted by atomic mass is 10.1. The van der Waals surface area contributed by atoms with Gasteiger partial charge in [0.1, 0.15) is 22.6 Å². The van der Waals surface area contributed by atoms with Crippen molar-refractivity contribution in [3.63, 3.8) is 0 Å². The van der Waals surface area contributed by atoms with Gasteiger partial charge < -0.3 is 13.9 Å². The summed E-state index contributed by atoms with van der Waals surface area (Å²) in [6, 6.07) is 14.1. The topological polar surface area (TPSA) is 65.7 Å². The van der Waals surface area contributed by atoms with E-state index < -0.39 is 11.4 Å². The van der Waals surface area contributed by atoms with E-state index in [2.05, 4.69) is 0 Å². The van der Waals surface area contributed by atoms with Crippen molar-refractivity contribution in [2.75, 3.05) is 14.2 Å². The van der Waals surface area contributed by atoms with Gasteiger partial charge in [-0.15, -0.1) is 0 Å². The van der Waals surface area contributed by atoms with E-state index in [-0.39, 0.29) is 5.56 Å². The predicted octanol–water partition coefficient (Wildman–Crippen LogP) is 4.26. The molecule has 27 heavy (non-hydrogen) atoms.